The van der Waals surface area contributed by atoms with Crippen molar-refractivity contribution in [1.82, 2.24) is 19.7 Å². The van der Waals surface area contributed by atoms with Crippen LogP contribution in [0.2, 0.25) is 0 Å². The summed E-state index contributed by atoms with van der Waals surface area (Å²) in [5.41, 5.74) is 3.58. The number of carbonyl (C=O) groups is 2. The van der Waals surface area contributed by atoms with E-state index in [-0.39, 0.29) is 23.1 Å². The first-order valence-electron chi connectivity index (χ1n) is 15.3. The zero-order valence-electron chi connectivity index (χ0n) is 26.9. The van der Waals surface area contributed by atoms with Crippen LogP contribution in [0.5, 0.6) is 11.6 Å². The van der Waals surface area contributed by atoms with Crippen LogP contribution in [0.1, 0.15) is 28.7 Å². The molecule has 7 rings (SSSR count). The molecule has 0 saturated carbocycles. The third-order valence-corrected chi connectivity index (χ3v) is 7.81. The number of benzene rings is 3. The smallest absolute Gasteiger partial charge is 0.267 e. The van der Waals surface area contributed by atoms with Crippen molar-refractivity contribution in [1.29, 1.82) is 0 Å². The van der Waals surface area contributed by atoms with E-state index in [0.717, 1.165) is 0 Å². The maximum atomic E-state index is 13.4. The van der Waals surface area contributed by atoms with Crippen molar-refractivity contribution in [3.05, 3.63) is 131 Å². The van der Waals surface area contributed by atoms with Gasteiger partial charge in [0.05, 0.1) is 11.3 Å². The number of fused-ring (bicyclic) bond motifs is 1. The van der Waals surface area contributed by atoms with Gasteiger partial charge in [0.2, 0.25) is 17.5 Å². The normalized spacial score (nSPS) is 11.0. The second-order valence-corrected chi connectivity index (χ2v) is 11.3. The Morgan fingerprint density at radius 2 is 1.66 bits per heavy atom. The van der Waals surface area contributed by atoms with Crippen molar-refractivity contribution in [2.24, 2.45) is 0 Å². The van der Waals surface area contributed by atoms with E-state index in [1.54, 1.807) is 56.3 Å². The molecule has 0 saturated heterocycles. The molecule has 0 spiro atoms. The lowest BCUT2D eigenvalue weighted by atomic mass is 9.98. The lowest BCUT2D eigenvalue weighted by Crippen LogP contribution is -2.27. The van der Waals surface area contributed by atoms with Crippen LogP contribution in [0.4, 0.5) is 15.8 Å². The number of ether oxygens (including phenoxy) is 1. The fourth-order valence-corrected chi connectivity index (χ4v) is 5.59. The number of pyridine rings is 1. The highest BCUT2D eigenvalue weighted by Crippen LogP contribution is 2.46. The molecule has 0 atom stereocenters. The average Bonchev–Trinajstić information content (AvgIpc) is 3.65. The summed E-state index contributed by atoms with van der Waals surface area (Å²) in [6.45, 7) is 5.01. The molecule has 3 aromatic carbocycles. The molecule has 0 aliphatic heterocycles. The molecule has 0 aliphatic carbocycles. The largest absolute Gasteiger partial charge is 0.438 e. The zero-order chi connectivity index (χ0) is 34.9. The lowest BCUT2D eigenvalue weighted by molar-refractivity contribution is -0.114. The molecule has 0 bridgehead atoms. The van der Waals surface area contributed by atoms with E-state index < -0.39 is 17.3 Å². The molecule has 4 heterocycles. The molecule has 248 valence electrons. The lowest BCUT2D eigenvalue weighted by Gasteiger charge is -2.11. The summed E-state index contributed by atoms with van der Waals surface area (Å²) in [6.07, 6.45) is 2.83. The molecule has 0 aliphatic rings. The van der Waals surface area contributed by atoms with Gasteiger partial charge in [0.15, 0.2) is 5.76 Å². The van der Waals surface area contributed by atoms with E-state index >= 15 is 0 Å². The highest BCUT2D eigenvalue weighted by Gasteiger charge is 2.27. The number of hydrogen-bond donors (Lipinski definition) is 2. The zero-order valence-corrected chi connectivity index (χ0v) is 26.9. The Balaban J connectivity index is 1.21. The molecule has 50 heavy (non-hydrogen) atoms. The fraction of sp³-hybridized carbons (Fsp3) is 0.0811. The number of aryl methyl sites for hydroxylation is 2. The van der Waals surface area contributed by atoms with Crippen LogP contribution in [0.25, 0.3) is 39.2 Å². The second kappa shape index (κ2) is 13.0. The van der Waals surface area contributed by atoms with E-state index in [2.05, 4.69) is 25.8 Å². The number of nitrogens with one attached hydrogen (secondary N) is 2. The Morgan fingerprint density at radius 3 is 2.38 bits per heavy atom. The molecule has 2 N–H and O–H groups in total. The van der Waals surface area contributed by atoms with Gasteiger partial charge in [0.1, 0.15) is 34.6 Å². The quantitative estimate of drug-likeness (QED) is 0.168. The number of aromatic nitrogens is 4. The predicted molar refractivity (Wildman–Crippen MR) is 183 cm³/mol. The standard InChI is InChI=1S/C37H27FN6O6/c1-20-30(21(2)50-43-20)33-31(23-6-4-7-26(18-23)41-22(3)45)32-35(39-19-40-36(32)49-33)48-28-15-11-25(12-16-28)42-34(46)29-8-5-17-44(37(29)47)27-13-9-24(38)10-14-27/h4-19H,1-3H3,(H,41,45)(H,42,46). The highest BCUT2D eigenvalue weighted by molar-refractivity contribution is 6.05. The van der Waals surface area contributed by atoms with E-state index in [1.807, 2.05) is 12.1 Å². The van der Waals surface area contributed by atoms with Crippen molar-refractivity contribution in [3.8, 4) is 39.8 Å². The summed E-state index contributed by atoms with van der Waals surface area (Å²) in [4.78, 5) is 46.9. The van der Waals surface area contributed by atoms with Crippen LogP contribution < -0.4 is 20.9 Å². The van der Waals surface area contributed by atoms with Gasteiger partial charge in [0, 0.05) is 35.7 Å². The Hall–Kier alpha value is -6.89. The first-order valence-corrected chi connectivity index (χ1v) is 15.3. The number of rotatable bonds is 8. The van der Waals surface area contributed by atoms with E-state index in [1.165, 1.54) is 54.3 Å². The minimum absolute atomic E-state index is 0.0929. The molecular formula is C37H27FN6O6. The number of nitrogens with zero attached hydrogens (tertiary/aromatic N) is 4. The number of furan rings is 1. The Labute approximate surface area is 283 Å². The van der Waals surface area contributed by atoms with Crippen LogP contribution in [0.3, 0.4) is 0 Å². The molecule has 12 nitrogen and oxygen atoms in total. The summed E-state index contributed by atoms with van der Waals surface area (Å²) in [6, 6.07) is 22.1. The van der Waals surface area contributed by atoms with Gasteiger partial charge >= 0.3 is 0 Å². The maximum Gasteiger partial charge on any atom is 0.267 e. The number of amides is 2. The minimum Gasteiger partial charge on any atom is -0.438 e. The molecular weight excluding hydrogens is 643 g/mol. The predicted octanol–water partition coefficient (Wildman–Crippen LogP) is 7.45. The number of halogens is 1. The molecule has 4 aromatic heterocycles. The second-order valence-electron chi connectivity index (χ2n) is 11.3. The highest BCUT2D eigenvalue weighted by atomic mass is 19.1. The summed E-state index contributed by atoms with van der Waals surface area (Å²) in [5.74, 6) is 0.293. The van der Waals surface area contributed by atoms with Crippen LogP contribution in [0, 0.1) is 19.7 Å². The first-order chi connectivity index (χ1) is 24.2. The van der Waals surface area contributed by atoms with Gasteiger partial charge in [0.25, 0.3) is 11.5 Å². The van der Waals surface area contributed by atoms with Gasteiger partial charge in [-0.3, -0.25) is 19.0 Å². The van der Waals surface area contributed by atoms with Crippen molar-refractivity contribution >= 4 is 34.3 Å². The summed E-state index contributed by atoms with van der Waals surface area (Å²) < 4.78 is 32.7. The average molecular weight is 671 g/mol. The number of anilines is 2. The molecule has 0 unspecified atom stereocenters. The first kappa shape index (κ1) is 31.7. The molecule has 13 heteroatoms. The van der Waals surface area contributed by atoms with E-state index in [9.17, 15) is 18.8 Å². The molecule has 2 amide bonds. The van der Waals surface area contributed by atoms with Gasteiger partial charge in [-0.15, -0.1) is 0 Å². The third-order valence-electron chi connectivity index (χ3n) is 7.81. The van der Waals surface area contributed by atoms with Crippen LogP contribution >= 0.6 is 0 Å². The number of hydrogen-bond acceptors (Lipinski definition) is 9. The molecule has 0 radical (unpaired) electrons. The Bertz CT molecular complexity index is 2450. The van der Waals surface area contributed by atoms with Crippen LogP contribution in [-0.4, -0.2) is 31.5 Å². The molecule has 7 aromatic rings. The maximum absolute atomic E-state index is 13.4. The van der Waals surface area contributed by atoms with Gasteiger partial charge in [-0.05, 0) is 92.2 Å². The number of carbonyl (C=O) groups excluding carboxylic acids is 2. The Morgan fingerprint density at radius 1 is 0.880 bits per heavy atom. The third kappa shape index (κ3) is 6.10. The topological polar surface area (TPSA) is 154 Å². The van der Waals surface area contributed by atoms with Gasteiger partial charge in [-0.25, -0.2) is 14.4 Å². The van der Waals surface area contributed by atoms with Gasteiger partial charge in [-0.1, -0.05) is 17.3 Å². The summed E-state index contributed by atoms with van der Waals surface area (Å²) in [7, 11) is 0. The van der Waals surface area contributed by atoms with Crippen LogP contribution in [0.15, 0.2) is 111 Å². The SMILES string of the molecule is CC(=O)Nc1cccc(-c2c(-c3c(C)noc3C)oc3ncnc(Oc4ccc(NC(=O)c5cccn(-c6ccc(F)cc6)c5=O)cc4)c23)c1. The summed E-state index contributed by atoms with van der Waals surface area (Å²) in [5, 5.41) is 10.1. The van der Waals surface area contributed by atoms with Crippen molar-refractivity contribution in [2.45, 2.75) is 20.8 Å². The fourth-order valence-electron chi connectivity index (χ4n) is 5.59. The van der Waals surface area contributed by atoms with Gasteiger partial charge < -0.3 is 24.3 Å². The van der Waals surface area contributed by atoms with E-state index in [0.29, 0.717) is 62.1 Å². The van der Waals surface area contributed by atoms with Crippen molar-refractivity contribution in [3.63, 3.8) is 0 Å². The minimum atomic E-state index is -0.617. The van der Waals surface area contributed by atoms with Gasteiger partial charge in [-0.2, -0.15) is 0 Å². The molecule has 0 fully saturated rings. The Kier molecular flexibility index (Phi) is 8.21. The van der Waals surface area contributed by atoms with E-state index in [4.69, 9.17) is 13.7 Å². The van der Waals surface area contributed by atoms with Crippen LogP contribution in [-0.2, 0) is 4.79 Å². The summed E-state index contributed by atoms with van der Waals surface area (Å²) >= 11 is 0. The monoisotopic (exact) mass is 670 g/mol. The van der Waals surface area contributed by atoms with Crippen molar-refractivity contribution in [2.75, 3.05) is 10.6 Å². The van der Waals surface area contributed by atoms with Crippen molar-refractivity contribution < 1.29 is 27.7 Å².